The molecule has 0 unspecified atom stereocenters. The van der Waals surface area contributed by atoms with Gasteiger partial charge in [-0.2, -0.15) is 4.39 Å². The third-order valence-corrected chi connectivity index (χ3v) is 3.19. The van der Waals surface area contributed by atoms with Crippen LogP contribution in [0.1, 0.15) is 5.56 Å². The fourth-order valence-corrected chi connectivity index (χ4v) is 2.08. The number of rotatable bonds is 5. The van der Waals surface area contributed by atoms with E-state index >= 15 is 0 Å². The van der Waals surface area contributed by atoms with E-state index in [1.54, 1.807) is 18.2 Å². The zero-order valence-electron chi connectivity index (χ0n) is 11.1. The Bertz CT molecular complexity index is 679. The summed E-state index contributed by atoms with van der Waals surface area (Å²) in [4.78, 5) is 9.93. The van der Waals surface area contributed by atoms with Crippen LogP contribution < -0.4 is 10.1 Å². The molecule has 0 bridgehead atoms. The Labute approximate surface area is 125 Å². The van der Waals surface area contributed by atoms with Crippen LogP contribution in [0.5, 0.6) is 5.75 Å². The molecule has 2 aromatic rings. The van der Waals surface area contributed by atoms with Crippen LogP contribution >= 0.6 is 11.6 Å². The fourth-order valence-electron chi connectivity index (χ4n) is 1.82. The first kappa shape index (κ1) is 15.1. The van der Waals surface area contributed by atoms with Crippen molar-refractivity contribution in [3.63, 3.8) is 0 Å². The van der Waals surface area contributed by atoms with E-state index in [4.69, 9.17) is 16.3 Å². The zero-order chi connectivity index (χ0) is 15.4. The summed E-state index contributed by atoms with van der Waals surface area (Å²) in [5.74, 6) is -0.307. The Balaban J connectivity index is 2.15. The number of ether oxygens (including phenoxy) is 1. The monoisotopic (exact) mass is 310 g/mol. The van der Waals surface area contributed by atoms with E-state index in [1.165, 1.54) is 19.2 Å². The van der Waals surface area contributed by atoms with Crippen LogP contribution in [0.2, 0.25) is 5.02 Å². The molecule has 0 aromatic heterocycles. The van der Waals surface area contributed by atoms with Crippen molar-refractivity contribution < 1.29 is 14.1 Å². The number of methoxy groups -OCH3 is 1. The molecule has 1 N–H and O–H groups in total. The molecule has 2 rings (SSSR count). The van der Waals surface area contributed by atoms with Gasteiger partial charge in [-0.05, 0) is 18.2 Å². The lowest BCUT2D eigenvalue weighted by atomic mass is 10.2. The molecule has 0 heterocycles. The number of anilines is 1. The molecule has 7 heteroatoms. The largest absolute Gasteiger partial charge is 0.495 e. The standard InChI is InChI=1S/C14H12ClFN2O3/c1-21-13-6-5-10(7-11(13)15)17-8-9-3-2-4-12(14(9)16)18(19)20/h2-7,17H,8H2,1H3. The van der Waals surface area contributed by atoms with Crippen molar-refractivity contribution >= 4 is 23.0 Å². The van der Waals surface area contributed by atoms with Crippen LogP contribution in [-0.2, 0) is 6.54 Å². The topological polar surface area (TPSA) is 64.4 Å². The van der Waals surface area contributed by atoms with E-state index in [2.05, 4.69) is 5.32 Å². The molecule has 0 atom stereocenters. The summed E-state index contributed by atoms with van der Waals surface area (Å²) < 4.78 is 18.9. The van der Waals surface area contributed by atoms with Gasteiger partial charge in [-0.1, -0.05) is 23.7 Å². The van der Waals surface area contributed by atoms with Crippen LogP contribution in [0.3, 0.4) is 0 Å². The third-order valence-electron chi connectivity index (χ3n) is 2.89. The molecule has 0 fully saturated rings. The Morgan fingerprint density at radius 1 is 1.38 bits per heavy atom. The first-order valence-corrected chi connectivity index (χ1v) is 6.40. The average Bonchev–Trinajstić information content (AvgIpc) is 2.46. The molecule has 110 valence electrons. The minimum absolute atomic E-state index is 0.107. The summed E-state index contributed by atoms with van der Waals surface area (Å²) in [6.45, 7) is 0.107. The van der Waals surface area contributed by atoms with Gasteiger partial charge in [0.15, 0.2) is 0 Å². The first-order chi connectivity index (χ1) is 10.0. The summed E-state index contributed by atoms with van der Waals surface area (Å²) in [7, 11) is 1.51. The maximum absolute atomic E-state index is 13.9. The van der Waals surface area contributed by atoms with Crippen LogP contribution in [-0.4, -0.2) is 12.0 Å². The predicted molar refractivity (Wildman–Crippen MR) is 78.4 cm³/mol. The normalized spacial score (nSPS) is 10.2. The van der Waals surface area contributed by atoms with E-state index in [9.17, 15) is 14.5 Å². The van der Waals surface area contributed by atoms with Gasteiger partial charge in [0.05, 0.1) is 17.1 Å². The van der Waals surface area contributed by atoms with Crippen molar-refractivity contribution in [2.24, 2.45) is 0 Å². The van der Waals surface area contributed by atoms with Crippen molar-refractivity contribution in [2.75, 3.05) is 12.4 Å². The summed E-state index contributed by atoms with van der Waals surface area (Å²) >= 11 is 5.98. The molecule has 0 saturated carbocycles. The number of halogens is 2. The van der Waals surface area contributed by atoms with Crippen molar-refractivity contribution in [3.8, 4) is 5.75 Å². The van der Waals surface area contributed by atoms with Gasteiger partial charge < -0.3 is 10.1 Å². The number of hydrogen-bond acceptors (Lipinski definition) is 4. The first-order valence-electron chi connectivity index (χ1n) is 6.02. The number of benzene rings is 2. The number of nitrogens with one attached hydrogen (secondary N) is 1. The lowest BCUT2D eigenvalue weighted by Crippen LogP contribution is -2.04. The lowest BCUT2D eigenvalue weighted by molar-refractivity contribution is -0.387. The molecule has 21 heavy (non-hydrogen) atoms. The molecular formula is C14H12ClFN2O3. The van der Waals surface area contributed by atoms with Crippen molar-refractivity contribution in [2.45, 2.75) is 6.54 Å². The van der Waals surface area contributed by atoms with Gasteiger partial charge in [-0.15, -0.1) is 0 Å². The van der Waals surface area contributed by atoms with Gasteiger partial charge in [0, 0.05) is 23.9 Å². The molecular weight excluding hydrogens is 299 g/mol. The SMILES string of the molecule is COc1ccc(NCc2cccc([N+](=O)[O-])c2F)cc1Cl. The smallest absolute Gasteiger partial charge is 0.305 e. The second kappa shape index (κ2) is 6.41. The van der Waals surface area contributed by atoms with E-state index in [0.717, 1.165) is 6.07 Å². The Morgan fingerprint density at radius 2 is 2.14 bits per heavy atom. The zero-order valence-corrected chi connectivity index (χ0v) is 11.9. The predicted octanol–water partition coefficient (Wildman–Crippen LogP) is 4.01. The minimum Gasteiger partial charge on any atom is -0.495 e. The third kappa shape index (κ3) is 3.41. The van der Waals surface area contributed by atoms with Gasteiger partial charge in [0.2, 0.25) is 5.82 Å². The highest BCUT2D eigenvalue weighted by molar-refractivity contribution is 6.32. The highest BCUT2D eigenvalue weighted by atomic mass is 35.5. The maximum atomic E-state index is 13.9. The Morgan fingerprint density at radius 3 is 2.76 bits per heavy atom. The molecule has 0 aliphatic carbocycles. The number of hydrogen-bond donors (Lipinski definition) is 1. The molecule has 0 radical (unpaired) electrons. The number of nitro groups is 1. The quantitative estimate of drug-likeness (QED) is 0.669. The molecule has 0 amide bonds. The van der Waals surface area contributed by atoms with E-state index in [-0.39, 0.29) is 12.1 Å². The second-order valence-electron chi connectivity index (χ2n) is 4.21. The fraction of sp³-hybridized carbons (Fsp3) is 0.143. The maximum Gasteiger partial charge on any atom is 0.305 e. The van der Waals surface area contributed by atoms with Crippen molar-refractivity contribution in [3.05, 3.63) is 62.9 Å². The highest BCUT2D eigenvalue weighted by Gasteiger charge is 2.16. The van der Waals surface area contributed by atoms with Crippen molar-refractivity contribution in [1.82, 2.24) is 0 Å². The van der Waals surface area contributed by atoms with Gasteiger partial charge in [-0.25, -0.2) is 0 Å². The average molecular weight is 311 g/mol. The van der Waals surface area contributed by atoms with Crippen LogP contribution in [0.25, 0.3) is 0 Å². The summed E-state index contributed by atoms with van der Waals surface area (Å²) in [5.41, 5.74) is 0.324. The molecule has 0 spiro atoms. The lowest BCUT2D eigenvalue weighted by Gasteiger charge is -2.09. The van der Waals surface area contributed by atoms with E-state index in [1.807, 2.05) is 0 Å². The molecule has 0 aliphatic rings. The molecule has 2 aromatic carbocycles. The van der Waals surface area contributed by atoms with E-state index in [0.29, 0.717) is 16.5 Å². The minimum atomic E-state index is -0.838. The van der Waals surface area contributed by atoms with Crippen molar-refractivity contribution in [1.29, 1.82) is 0 Å². The summed E-state index contributed by atoms with van der Waals surface area (Å²) in [6, 6.07) is 9.09. The van der Waals surface area contributed by atoms with Gasteiger partial charge in [0.25, 0.3) is 0 Å². The second-order valence-corrected chi connectivity index (χ2v) is 4.62. The van der Waals surface area contributed by atoms with Crippen LogP contribution in [0.4, 0.5) is 15.8 Å². The van der Waals surface area contributed by atoms with Crippen LogP contribution in [0.15, 0.2) is 36.4 Å². The Kier molecular flexibility index (Phi) is 4.59. The van der Waals surface area contributed by atoms with Gasteiger partial charge >= 0.3 is 5.69 Å². The number of nitrogens with zero attached hydrogens (tertiary/aromatic N) is 1. The Hall–Kier alpha value is -2.34. The summed E-state index contributed by atoms with van der Waals surface area (Å²) in [6.07, 6.45) is 0. The van der Waals surface area contributed by atoms with Gasteiger partial charge in [0.1, 0.15) is 5.75 Å². The van der Waals surface area contributed by atoms with Gasteiger partial charge in [-0.3, -0.25) is 10.1 Å². The molecule has 0 aliphatic heterocycles. The summed E-state index contributed by atoms with van der Waals surface area (Å²) in [5, 5.41) is 14.1. The molecule has 5 nitrogen and oxygen atoms in total. The van der Waals surface area contributed by atoms with E-state index < -0.39 is 16.4 Å². The number of nitro benzene ring substituents is 1. The highest BCUT2D eigenvalue weighted by Crippen LogP contribution is 2.28. The molecule has 0 saturated heterocycles. The van der Waals surface area contributed by atoms with Crippen LogP contribution in [0, 0.1) is 15.9 Å².